The number of hydrogen-bond donors (Lipinski definition) is 3. The van der Waals surface area contributed by atoms with Crippen LogP contribution in [0.2, 0.25) is 0 Å². The lowest BCUT2D eigenvalue weighted by Gasteiger charge is -2.17. The van der Waals surface area contributed by atoms with Crippen molar-refractivity contribution in [2.45, 2.75) is 12.5 Å². The molecule has 2 aromatic carbocycles. The molecule has 1 unspecified atom stereocenters. The standard InChI is InChI=1S/C18H16N2O2S2/c21-17(22)15(20-18(23)19-13-6-2-1-3-7-13)10-12-11-24-16-9-5-4-8-14(12)16/h1-9,11,15H,10H2,(H,21,22)(H2,19,20,23). The van der Waals surface area contributed by atoms with Crippen LogP contribution < -0.4 is 10.6 Å². The minimum absolute atomic E-state index is 0.299. The first-order chi connectivity index (χ1) is 11.6. The highest BCUT2D eigenvalue weighted by Crippen LogP contribution is 2.26. The fraction of sp³-hybridized carbons (Fsp3) is 0.111. The van der Waals surface area contributed by atoms with E-state index < -0.39 is 12.0 Å². The second-order valence-corrected chi connectivity index (χ2v) is 6.64. The SMILES string of the molecule is O=C(O)C(Cc1csc2ccccc12)NC(=S)Nc1ccccc1. The first-order valence-corrected chi connectivity index (χ1v) is 8.73. The van der Waals surface area contributed by atoms with Crippen LogP contribution in [0.4, 0.5) is 5.69 Å². The maximum absolute atomic E-state index is 11.6. The van der Waals surface area contributed by atoms with Crippen molar-refractivity contribution in [3.63, 3.8) is 0 Å². The van der Waals surface area contributed by atoms with Gasteiger partial charge in [-0.3, -0.25) is 0 Å². The topological polar surface area (TPSA) is 61.4 Å². The number of hydrogen-bond acceptors (Lipinski definition) is 3. The zero-order valence-corrected chi connectivity index (χ0v) is 14.4. The summed E-state index contributed by atoms with van der Waals surface area (Å²) in [5.74, 6) is -0.928. The molecule has 3 N–H and O–H groups in total. The Balaban J connectivity index is 1.71. The van der Waals surface area contributed by atoms with E-state index in [1.165, 1.54) is 0 Å². The Hall–Kier alpha value is -2.44. The van der Waals surface area contributed by atoms with Gasteiger partial charge in [-0.25, -0.2) is 4.79 Å². The summed E-state index contributed by atoms with van der Waals surface area (Å²) >= 11 is 6.86. The molecule has 0 bridgehead atoms. The molecule has 1 heterocycles. The zero-order valence-electron chi connectivity index (χ0n) is 12.7. The molecular formula is C18H16N2O2S2. The molecule has 4 nitrogen and oxygen atoms in total. The molecule has 0 fully saturated rings. The van der Waals surface area contributed by atoms with E-state index in [9.17, 15) is 9.90 Å². The van der Waals surface area contributed by atoms with Gasteiger partial charge >= 0.3 is 5.97 Å². The summed E-state index contributed by atoms with van der Waals surface area (Å²) in [6, 6.07) is 16.6. The van der Waals surface area contributed by atoms with Crippen LogP contribution in [0, 0.1) is 0 Å². The highest BCUT2D eigenvalue weighted by Gasteiger charge is 2.20. The molecule has 1 aromatic heterocycles. The number of benzene rings is 2. The summed E-state index contributed by atoms with van der Waals surface area (Å²) < 4.78 is 1.15. The smallest absolute Gasteiger partial charge is 0.326 e. The number of para-hydroxylation sites is 1. The maximum Gasteiger partial charge on any atom is 0.326 e. The largest absolute Gasteiger partial charge is 0.480 e. The second-order valence-electron chi connectivity index (χ2n) is 5.32. The highest BCUT2D eigenvalue weighted by atomic mass is 32.1. The normalized spacial score (nSPS) is 11.8. The molecule has 1 atom stereocenters. The zero-order chi connectivity index (χ0) is 16.9. The molecule has 3 rings (SSSR count). The van der Waals surface area contributed by atoms with Crippen LogP contribution in [0.15, 0.2) is 60.0 Å². The first-order valence-electron chi connectivity index (χ1n) is 7.44. The van der Waals surface area contributed by atoms with Gasteiger partial charge < -0.3 is 15.7 Å². The van der Waals surface area contributed by atoms with Crippen LogP contribution in [0.25, 0.3) is 10.1 Å². The third-order valence-corrected chi connectivity index (χ3v) is 4.85. The van der Waals surface area contributed by atoms with E-state index in [0.717, 1.165) is 21.3 Å². The lowest BCUT2D eigenvalue weighted by molar-refractivity contribution is -0.139. The Morgan fingerprint density at radius 3 is 2.58 bits per heavy atom. The predicted molar refractivity (Wildman–Crippen MR) is 103 cm³/mol. The maximum atomic E-state index is 11.6. The van der Waals surface area contributed by atoms with Crippen molar-refractivity contribution < 1.29 is 9.90 Å². The van der Waals surface area contributed by atoms with Gasteiger partial charge in [-0.2, -0.15) is 0 Å². The van der Waals surface area contributed by atoms with E-state index >= 15 is 0 Å². The molecule has 0 aliphatic rings. The van der Waals surface area contributed by atoms with Crippen molar-refractivity contribution in [3.8, 4) is 0 Å². The summed E-state index contributed by atoms with van der Waals surface area (Å²) in [5, 5.41) is 18.8. The van der Waals surface area contributed by atoms with Gasteiger partial charge in [0.05, 0.1) is 0 Å². The minimum atomic E-state index is -0.928. The molecule has 6 heteroatoms. The Morgan fingerprint density at radius 1 is 1.12 bits per heavy atom. The van der Waals surface area contributed by atoms with Gasteiger partial charge in [0.15, 0.2) is 5.11 Å². The molecule has 0 aliphatic carbocycles. The van der Waals surface area contributed by atoms with Gasteiger partial charge in [-0.1, -0.05) is 36.4 Å². The van der Waals surface area contributed by atoms with Crippen LogP contribution >= 0.6 is 23.6 Å². The molecule has 3 aromatic rings. The lowest BCUT2D eigenvalue weighted by Crippen LogP contribution is -2.44. The van der Waals surface area contributed by atoms with Crippen molar-refractivity contribution in [2.24, 2.45) is 0 Å². The van der Waals surface area contributed by atoms with Gasteiger partial charge in [-0.15, -0.1) is 11.3 Å². The summed E-state index contributed by atoms with van der Waals surface area (Å²) in [5.41, 5.74) is 1.83. The van der Waals surface area contributed by atoms with Gasteiger partial charge in [-0.05, 0) is 46.7 Å². The molecule has 0 aliphatic heterocycles. The van der Waals surface area contributed by atoms with E-state index in [1.54, 1.807) is 11.3 Å². The summed E-state index contributed by atoms with van der Waals surface area (Å²) in [6.07, 6.45) is 0.371. The molecule has 0 radical (unpaired) electrons. The van der Waals surface area contributed by atoms with Crippen molar-refractivity contribution in [2.75, 3.05) is 5.32 Å². The van der Waals surface area contributed by atoms with Crippen LogP contribution in [-0.2, 0) is 11.2 Å². The van der Waals surface area contributed by atoms with Gasteiger partial charge in [0.2, 0.25) is 0 Å². The van der Waals surface area contributed by atoms with Crippen LogP contribution in [0.5, 0.6) is 0 Å². The Bertz CT molecular complexity index is 862. The van der Waals surface area contributed by atoms with Crippen LogP contribution in [0.3, 0.4) is 0 Å². The minimum Gasteiger partial charge on any atom is -0.480 e. The van der Waals surface area contributed by atoms with E-state index in [4.69, 9.17) is 12.2 Å². The Labute approximate surface area is 149 Å². The molecule has 0 saturated carbocycles. The quantitative estimate of drug-likeness (QED) is 0.606. The van der Waals surface area contributed by atoms with Gasteiger partial charge in [0.1, 0.15) is 6.04 Å². The number of carbonyl (C=O) groups is 1. The molecule has 0 spiro atoms. The number of fused-ring (bicyclic) bond motifs is 1. The Kier molecular flexibility index (Phi) is 5.08. The summed E-state index contributed by atoms with van der Waals surface area (Å²) in [6.45, 7) is 0. The number of rotatable bonds is 5. The number of anilines is 1. The van der Waals surface area contributed by atoms with Gasteiger partial charge in [0.25, 0.3) is 0 Å². The van der Waals surface area contributed by atoms with E-state index in [-0.39, 0.29) is 0 Å². The van der Waals surface area contributed by atoms with Crippen molar-refractivity contribution in [1.29, 1.82) is 0 Å². The lowest BCUT2D eigenvalue weighted by atomic mass is 10.1. The van der Waals surface area contributed by atoms with E-state index in [0.29, 0.717) is 11.5 Å². The third-order valence-electron chi connectivity index (χ3n) is 3.62. The Morgan fingerprint density at radius 2 is 1.83 bits per heavy atom. The number of nitrogens with one attached hydrogen (secondary N) is 2. The van der Waals surface area contributed by atoms with Crippen LogP contribution in [-0.4, -0.2) is 22.2 Å². The summed E-state index contributed by atoms with van der Waals surface area (Å²) in [7, 11) is 0. The molecule has 122 valence electrons. The first kappa shape index (κ1) is 16.4. The monoisotopic (exact) mass is 356 g/mol. The van der Waals surface area contributed by atoms with E-state index in [2.05, 4.69) is 10.6 Å². The third kappa shape index (κ3) is 3.90. The molecular weight excluding hydrogens is 340 g/mol. The fourth-order valence-corrected chi connectivity index (χ4v) is 3.69. The number of thiocarbonyl (C=S) groups is 1. The van der Waals surface area contributed by atoms with Crippen molar-refractivity contribution >= 4 is 50.4 Å². The van der Waals surface area contributed by atoms with Crippen molar-refractivity contribution in [1.82, 2.24) is 5.32 Å². The number of carboxylic acid groups (broad SMARTS) is 1. The number of carboxylic acids is 1. The van der Waals surface area contributed by atoms with Crippen molar-refractivity contribution in [3.05, 3.63) is 65.5 Å². The van der Waals surface area contributed by atoms with Gasteiger partial charge in [0, 0.05) is 16.8 Å². The molecule has 24 heavy (non-hydrogen) atoms. The summed E-state index contributed by atoms with van der Waals surface area (Å²) in [4.78, 5) is 11.6. The average Bonchev–Trinajstić information content (AvgIpc) is 2.98. The second kappa shape index (κ2) is 7.42. The van der Waals surface area contributed by atoms with Crippen LogP contribution in [0.1, 0.15) is 5.56 Å². The fourth-order valence-electron chi connectivity index (χ4n) is 2.46. The molecule has 0 saturated heterocycles. The van der Waals surface area contributed by atoms with E-state index in [1.807, 2.05) is 60.0 Å². The average molecular weight is 356 g/mol. The predicted octanol–water partition coefficient (Wildman–Crippen LogP) is 3.88. The molecule has 0 amide bonds. The number of aliphatic carboxylic acids is 1. The number of thiophene rings is 1. The highest BCUT2D eigenvalue weighted by molar-refractivity contribution is 7.80.